The molecule has 0 saturated carbocycles. The van der Waals surface area contributed by atoms with Crippen LogP contribution in [0.1, 0.15) is 22.6 Å². The topological polar surface area (TPSA) is 23.8 Å². The molecular weight excluding hydrogens is 270 g/mol. The lowest BCUT2D eigenvalue weighted by molar-refractivity contribution is 0.438. The van der Waals surface area contributed by atoms with Gasteiger partial charge in [0.2, 0.25) is 0 Å². The predicted octanol–water partition coefficient (Wildman–Crippen LogP) is 4.21. The Kier molecular flexibility index (Phi) is 3.75. The maximum absolute atomic E-state index is 13.7. The fourth-order valence-electron chi connectivity index (χ4n) is 2.00. The SMILES string of the molecule is Cc1cccc(C(C#N)c2c(F)c(F)cc(F)c2F)c1. The molecule has 2 aromatic carbocycles. The van der Waals surface area contributed by atoms with Crippen molar-refractivity contribution in [3.8, 4) is 6.07 Å². The van der Waals surface area contributed by atoms with E-state index in [1.54, 1.807) is 25.1 Å². The van der Waals surface area contributed by atoms with Gasteiger partial charge in [0, 0.05) is 6.07 Å². The van der Waals surface area contributed by atoms with E-state index >= 15 is 0 Å². The van der Waals surface area contributed by atoms with Crippen molar-refractivity contribution in [3.63, 3.8) is 0 Å². The molecule has 0 aromatic heterocycles. The number of rotatable bonds is 2. The highest BCUT2D eigenvalue weighted by molar-refractivity contribution is 5.41. The molecule has 0 aliphatic rings. The molecule has 102 valence electrons. The highest BCUT2D eigenvalue weighted by Crippen LogP contribution is 2.31. The average Bonchev–Trinajstić information content (AvgIpc) is 2.41. The second kappa shape index (κ2) is 5.33. The number of nitriles is 1. The number of nitrogens with zero attached hydrogens (tertiary/aromatic N) is 1. The van der Waals surface area contributed by atoms with E-state index in [9.17, 15) is 17.6 Å². The molecule has 20 heavy (non-hydrogen) atoms. The Morgan fingerprint density at radius 2 is 1.60 bits per heavy atom. The first-order valence-corrected chi connectivity index (χ1v) is 5.74. The zero-order valence-electron chi connectivity index (χ0n) is 10.4. The summed E-state index contributed by atoms with van der Waals surface area (Å²) in [5.74, 6) is -7.55. The standard InChI is InChI=1S/C15H9F4N/c1-8-3-2-4-9(5-8)10(7-20)13-14(18)11(16)6-12(17)15(13)19/h2-6,10H,1H3. The minimum atomic E-state index is -1.54. The van der Waals surface area contributed by atoms with E-state index in [1.165, 1.54) is 12.1 Å². The highest BCUT2D eigenvalue weighted by atomic mass is 19.2. The average molecular weight is 279 g/mol. The lowest BCUT2D eigenvalue weighted by atomic mass is 9.90. The van der Waals surface area contributed by atoms with E-state index in [0.717, 1.165) is 5.56 Å². The minimum Gasteiger partial charge on any atom is -0.204 e. The smallest absolute Gasteiger partial charge is 0.166 e. The van der Waals surface area contributed by atoms with Gasteiger partial charge in [-0.05, 0) is 12.5 Å². The fraction of sp³-hybridized carbons (Fsp3) is 0.133. The molecule has 0 spiro atoms. The summed E-state index contributed by atoms with van der Waals surface area (Å²) in [6.07, 6.45) is 0. The van der Waals surface area contributed by atoms with Crippen molar-refractivity contribution in [1.29, 1.82) is 5.26 Å². The van der Waals surface area contributed by atoms with E-state index < -0.39 is 34.8 Å². The van der Waals surface area contributed by atoms with E-state index in [2.05, 4.69) is 0 Å². The fourth-order valence-corrected chi connectivity index (χ4v) is 2.00. The van der Waals surface area contributed by atoms with Gasteiger partial charge >= 0.3 is 0 Å². The largest absolute Gasteiger partial charge is 0.204 e. The van der Waals surface area contributed by atoms with Gasteiger partial charge in [-0.3, -0.25) is 0 Å². The number of aryl methyl sites for hydroxylation is 1. The van der Waals surface area contributed by atoms with Gasteiger partial charge in [0.05, 0.1) is 11.6 Å². The maximum Gasteiger partial charge on any atom is 0.166 e. The molecule has 2 aromatic rings. The number of halogens is 4. The van der Waals surface area contributed by atoms with Gasteiger partial charge in [-0.25, -0.2) is 17.6 Å². The molecular formula is C15H9F4N. The molecule has 0 fully saturated rings. The summed E-state index contributed by atoms with van der Waals surface area (Å²) in [5, 5.41) is 9.13. The molecule has 0 saturated heterocycles. The molecule has 0 amide bonds. The Morgan fingerprint density at radius 1 is 1.00 bits per heavy atom. The first-order valence-electron chi connectivity index (χ1n) is 5.74. The second-order valence-electron chi connectivity index (χ2n) is 4.36. The summed E-state index contributed by atoms with van der Waals surface area (Å²) in [6.45, 7) is 1.73. The van der Waals surface area contributed by atoms with E-state index in [-0.39, 0.29) is 11.6 Å². The molecule has 2 rings (SSSR count). The minimum absolute atomic E-state index is 0.124. The first-order chi connectivity index (χ1) is 9.45. The molecule has 1 atom stereocenters. The summed E-state index contributed by atoms with van der Waals surface area (Å²) in [4.78, 5) is 0. The van der Waals surface area contributed by atoms with Crippen molar-refractivity contribution in [1.82, 2.24) is 0 Å². The van der Waals surface area contributed by atoms with E-state index in [1.807, 2.05) is 0 Å². The molecule has 0 bridgehead atoms. The van der Waals surface area contributed by atoms with Crippen molar-refractivity contribution in [2.75, 3.05) is 0 Å². The monoisotopic (exact) mass is 279 g/mol. The third kappa shape index (κ3) is 2.37. The highest BCUT2D eigenvalue weighted by Gasteiger charge is 2.27. The third-order valence-corrected chi connectivity index (χ3v) is 2.94. The van der Waals surface area contributed by atoms with Gasteiger partial charge < -0.3 is 0 Å². The molecule has 0 heterocycles. The van der Waals surface area contributed by atoms with Crippen LogP contribution in [0, 0.1) is 41.5 Å². The second-order valence-corrected chi connectivity index (χ2v) is 4.36. The van der Waals surface area contributed by atoms with Crippen LogP contribution >= 0.6 is 0 Å². The van der Waals surface area contributed by atoms with Gasteiger partial charge in [-0.15, -0.1) is 0 Å². The molecule has 0 aliphatic heterocycles. The summed E-state index contributed by atoms with van der Waals surface area (Å²) in [7, 11) is 0. The van der Waals surface area contributed by atoms with Crippen molar-refractivity contribution >= 4 is 0 Å². The van der Waals surface area contributed by atoms with Gasteiger partial charge in [-0.2, -0.15) is 5.26 Å². The van der Waals surface area contributed by atoms with Gasteiger partial charge in [0.15, 0.2) is 23.3 Å². The lowest BCUT2D eigenvalue weighted by Crippen LogP contribution is -2.09. The van der Waals surface area contributed by atoms with Crippen molar-refractivity contribution < 1.29 is 17.6 Å². The molecule has 5 heteroatoms. The summed E-state index contributed by atoms with van der Waals surface area (Å²) in [5.41, 5.74) is 0.131. The van der Waals surface area contributed by atoms with Crippen molar-refractivity contribution in [2.24, 2.45) is 0 Å². The molecule has 0 N–H and O–H groups in total. The Morgan fingerprint density at radius 3 is 2.10 bits per heavy atom. The van der Waals surface area contributed by atoms with Crippen LogP contribution in [-0.4, -0.2) is 0 Å². The van der Waals surface area contributed by atoms with Crippen LogP contribution in [0.5, 0.6) is 0 Å². The molecule has 0 radical (unpaired) electrons. The van der Waals surface area contributed by atoms with Crippen LogP contribution in [0.15, 0.2) is 30.3 Å². The Labute approximate surface area is 113 Å². The maximum atomic E-state index is 13.7. The summed E-state index contributed by atoms with van der Waals surface area (Å²) in [6, 6.07) is 8.15. The van der Waals surface area contributed by atoms with E-state index in [4.69, 9.17) is 5.26 Å². The Bertz CT molecular complexity index is 678. The molecule has 1 nitrogen and oxygen atoms in total. The number of hydrogen-bond acceptors (Lipinski definition) is 1. The molecule has 0 aliphatic carbocycles. The summed E-state index contributed by atoms with van der Waals surface area (Å²) >= 11 is 0. The molecule has 1 unspecified atom stereocenters. The van der Waals surface area contributed by atoms with Crippen LogP contribution in [-0.2, 0) is 0 Å². The van der Waals surface area contributed by atoms with E-state index in [0.29, 0.717) is 0 Å². The van der Waals surface area contributed by atoms with Crippen molar-refractivity contribution in [3.05, 3.63) is 70.3 Å². The van der Waals surface area contributed by atoms with Crippen LogP contribution < -0.4 is 0 Å². The van der Waals surface area contributed by atoms with Crippen molar-refractivity contribution in [2.45, 2.75) is 12.8 Å². The van der Waals surface area contributed by atoms with Gasteiger partial charge in [-0.1, -0.05) is 29.8 Å². The quantitative estimate of drug-likeness (QED) is 0.597. The summed E-state index contributed by atoms with van der Waals surface area (Å²) < 4.78 is 53.9. The zero-order chi connectivity index (χ0) is 14.9. The Balaban J connectivity index is 2.68. The van der Waals surface area contributed by atoms with Crippen LogP contribution in [0.25, 0.3) is 0 Å². The number of benzene rings is 2. The van der Waals surface area contributed by atoms with Gasteiger partial charge in [0.25, 0.3) is 0 Å². The Hall–Kier alpha value is -2.35. The predicted molar refractivity (Wildman–Crippen MR) is 64.9 cm³/mol. The first kappa shape index (κ1) is 14.1. The third-order valence-electron chi connectivity index (χ3n) is 2.94. The lowest BCUT2D eigenvalue weighted by Gasteiger charge is -2.13. The van der Waals surface area contributed by atoms with Crippen LogP contribution in [0.3, 0.4) is 0 Å². The van der Waals surface area contributed by atoms with Crippen LogP contribution in [0.4, 0.5) is 17.6 Å². The van der Waals surface area contributed by atoms with Gasteiger partial charge in [0.1, 0.15) is 5.92 Å². The zero-order valence-corrected chi connectivity index (χ0v) is 10.4. The number of hydrogen-bond donors (Lipinski definition) is 0. The normalized spacial score (nSPS) is 12.0. The van der Waals surface area contributed by atoms with Crippen LogP contribution in [0.2, 0.25) is 0 Å².